The molecule has 3 heterocycles. The molecule has 0 aliphatic rings. The first-order valence-electron chi connectivity index (χ1n) is 9.44. The molecule has 3 aromatic heterocycles. The van der Waals surface area contributed by atoms with Crippen molar-refractivity contribution in [1.82, 2.24) is 30.2 Å². The average molecular weight is 451 g/mol. The molecule has 162 valence electrons. The number of hydrogen-bond donors (Lipinski definition) is 4. The number of rotatable bonds is 7. The van der Waals surface area contributed by atoms with E-state index in [1.807, 2.05) is 18.2 Å². The van der Waals surface area contributed by atoms with E-state index in [9.17, 15) is 8.42 Å². The Balaban J connectivity index is 1.40. The third kappa shape index (κ3) is 4.27. The first-order chi connectivity index (χ1) is 15.4. The van der Waals surface area contributed by atoms with Crippen LogP contribution >= 0.6 is 0 Å². The highest BCUT2D eigenvalue weighted by Gasteiger charge is 2.12. The second-order valence-corrected chi connectivity index (χ2v) is 8.76. The van der Waals surface area contributed by atoms with Gasteiger partial charge in [-0.05, 0) is 46.2 Å². The maximum atomic E-state index is 11.5. The van der Waals surface area contributed by atoms with Crippen LogP contribution < -0.4 is 15.4 Å². The smallest absolute Gasteiger partial charge is 0.231 e. The third-order valence-electron chi connectivity index (χ3n) is 4.48. The Labute approximate surface area is 181 Å². The Bertz CT molecular complexity index is 1530. The molecule has 12 nitrogen and oxygen atoms in total. The Hall–Kier alpha value is -4.26. The number of benzene rings is 2. The van der Waals surface area contributed by atoms with Crippen LogP contribution in [0.5, 0.6) is 0 Å². The van der Waals surface area contributed by atoms with Gasteiger partial charge in [0.25, 0.3) is 0 Å². The fourth-order valence-corrected chi connectivity index (χ4v) is 3.70. The normalized spacial score (nSPS) is 11.7. The van der Waals surface area contributed by atoms with Crippen LogP contribution in [-0.2, 0) is 16.6 Å². The monoisotopic (exact) mass is 451 g/mol. The van der Waals surface area contributed by atoms with Crippen molar-refractivity contribution in [2.75, 3.05) is 21.6 Å². The highest BCUT2D eigenvalue weighted by molar-refractivity contribution is 7.92. The van der Waals surface area contributed by atoms with E-state index in [0.717, 1.165) is 11.8 Å². The van der Waals surface area contributed by atoms with Gasteiger partial charge in [-0.3, -0.25) is 4.72 Å². The summed E-state index contributed by atoms with van der Waals surface area (Å²) in [6.07, 6.45) is 2.63. The van der Waals surface area contributed by atoms with E-state index in [2.05, 4.69) is 45.6 Å². The van der Waals surface area contributed by atoms with Crippen molar-refractivity contribution >= 4 is 55.4 Å². The summed E-state index contributed by atoms with van der Waals surface area (Å²) in [4.78, 5) is 16.2. The van der Waals surface area contributed by atoms with Gasteiger partial charge in [-0.25, -0.2) is 18.0 Å². The van der Waals surface area contributed by atoms with Gasteiger partial charge in [0.2, 0.25) is 16.0 Å². The van der Waals surface area contributed by atoms with Gasteiger partial charge >= 0.3 is 0 Å². The van der Waals surface area contributed by atoms with Crippen molar-refractivity contribution in [1.29, 1.82) is 0 Å². The van der Waals surface area contributed by atoms with Crippen molar-refractivity contribution in [3.05, 3.63) is 54.4 Å². The van der Waals surface area contributed by atoms with Crippen molar-refractivity contribution in [3.8, 4) is 0 Å². The van der Waals surface area contributed by atoms with Crippen molar-refractivity contribution in [2.45, 2.75) is 6.54 Å². The lowest BCUT2D eigenvalue weighted by Gasteiger charge is -2.11. The maximum Gasteiger partial charge on any atom is 0.231 e. The average Bonchev–Trinajstić information content (AvgIpc) is 3.40. The predicted molar refractivity (Wildman–Crippen MR) is 119 cm³/mol. The SMILES string of the molecule is CS(=O)(=O)Nc1cccc(Nc2nc(NCc3ccc4nonc4c3)c3nc[nH]c3n2)c1. The third-order valence-corrected chi connectivity index (χ3v) is 5.09. The largest absolute Gasteiger partial charge is 0.364 e. The fraction of sp³-hybridized carbons (Fsp3) is 0.105. The zero-order chi connectivity index (χ0) is 22.1. The van der Waals surface area contributed by atoms with Crippen LogP contribution in [0, 0.1) is 0 Å². The van der Waals surface area contributed by atoms with E-state index >= 15 is 0 Å². The lowest BCUT2D eigenvalue weighted by Crippen LogP contribution is -2.09. The lowest BCUT2D eigenvalue weighted by atomic mass is 10.2. The summed E-state index contributed by atoms with van der Waals surface area (Å²) in [5.41, 5.74) is 4.50. The minimum Gasteiger partial charge on any atom is -0.364 e. The van der Waals surface area contributed by atoms with E-state index in [1.54, 1.807) is 24.3 Å². The maximum absolute atomic E-state index is 11.5. The summed E-state index contributed by atoms with van der Waals surface area (Å²) in [7, 11) is -3.39. The summed E-state index contributed by atoms with van der Waals surface area (Å²) in [5, 5.41) is 14.0. The molecule has 0 bridgehead atoms. The van der Waals surface area contributed by atoms with Crippen LogP contribution in [0.1, 0.15) is 5.56 Å². The number of hydrogen-bond acceptors (Lipinski definition) is 10. The van der Waals surface area contributed by atoms with E-state index in [0.29, 0.717) is 51.9 Å². The van der Waals surface area contributed by atoms with Gasteiger partial charge in [0.15, 0.2) is 11.5 Å². The summed E-state index contributed by atoms with van der Waals surface area (Å²) in [5.74, 6) is 0.847. The van der Waals surface area contributed by atoms with Crippen LogP contribution in [0.25, 0.3) is 22.2 Å². The van der Waals surface area contributed by atoms with Gasteiger partial charge in [-0.1, -0.05) is 12.1 Å². The lowest BCUT2D eigenvalue weighted by molar-refractivity contribution is 0.315. The van der Waals surface area contributed by atoms with Gasteiger partial charge in [0.05, 0.1) is 18.3 Å². The summed E-state index contributed by atoms with van der Waals surface area (Å²) in [6, 6.07) is 12.4. The standard InChI is InChI=1S/C19H17N9O3S/c1-32(29,30)28-13-4-2-3-12(8-13)23-19-24-17(16-18(25-19)22-10-21-16)20-9-11-5-6-14-15(7-11)27-31-26-14/h2-8,10,28H,9H2,1H3,(H3,20,21,22,23,24,25). The molecule has 0 amide bonds. The van der Waals surface area contributed by atoms with Crippen LogP contribution in [0.4, 0.5) is 23.1 Å². The Morgan fingerprint density at radius 2 is 1.88 bits per heavy atom. The highest BCUT2D eigenvalue weighted by Crippen LogP contribution is 2.24. The molecule has 0 radical (unpaired) electrons. The number of aromatic amines is 1. The zero-order valence-corrected chi connectivity index (χ0v) is 17.5. The number of nitrogens with zero attached hydrogens (tertiary/aromatic N) is 5. The Kier molecular flexibility index (Phi) is 4.78. The van der Waals surface area contributed by atoms with Gasteiger partial charge < -0.3 is 15.6 Å². The first-order valence-corrected chi connectivity index (χ1v) is 11.3. The molecule has 0 atom stereocenters. The first kappa shape index (κ1) is 19.7. The molecule has 5 aromatic rings. The van der Waals surface area contributed by atoms with Gasteiger partial charge in [0.1, 0.15) is 16.6 Å². The zero-order valence-electron chi connectivity index (χ0n) is 16.7. The van der Waals surface area contributed by atoms with E-state index in [1.165, 1.54) is 6.33 Å². The molecule has 4 N–H and O–H groups in total. The second-order valence-electron chi connectivity index (χ2n) is 7.02. The van der Waals surface area contributed by atoms with Crippen LogP contribution in [0.2, 0.25) is 0 Å². The number of imidazole rings is 1. The Morgan fingerprint density at radius 1 is 1.03 bits per heavy atom. The highest BCUT2D eigenvalue weighted by atomic mass is 32.2. The quantitative estimate of drug-likeness (QED) is 0.289. The minimum atomic E-state index is -3.39. The molecule has 0 aliphatic heterocycles. The summed E-state index contributed by atoms with van der Waals surface area (Å²) in [6.45, 7) is 0.467. The van der Waals surface area contributed by atoms with Crippen LogP contribution in [-0.4, -0.2) is 44.9 Å². The number of aromatic nitrogens is 6. The molecule has 0 fully saturated rings. The topological polar surface area (TPSA) is 164 Å². The van der Waals surface area contributed by atoms with E-state index < -0.39 is 10.0 Å². The van der Waals surface area contributed by atoms with Crippen molar-refractivity contribution < 1.29 is 13.0 Å². The summed E-state index contributed by atoms with van der Waals surface area (Å²) >= 11 is 0. The fourth-order valence-electron chi connectivity index (χ4n) is 3.14. The molecule has 0 saturated carbocycles. The molecule has 2 aromatic carbocycles. The molecule has 0 spiro atoms. The van der Waals surface area contributed by atoms with Gasteiger partial charge in [-0.2, -0.15) is 9.97 Å². The summed E-state index contributed by atoms with van der Waals surface area (Å²) < 4.78 is 30.2. The van der Waals surface area contributed by atoms with Crippen LogP contribution in [0.15, 0.2) is 53.4 Å². The van der Waals surface area contributed by atoms with Crippen molar-refractivity contribution in [3.63, 3.8) is 0 Å². The number of nitrogens with one attached hydrogen (secondary N) is 4. The number of sulfonamides is 1. The molecular formula is C19H17N9O3S. The molecule has 0 aliphatic carbocycles. The van der Waals surface area contributed by atoms with Crippen LogP contribution in [0.3, 0.4) is 0 Å². The second kappa shape index (κ2) is 7.77. The van der Waals surface area contributed by atoms with Gasteiger partial charge in [-0.15, -0.1) is 0 Å². The number of H-pyrrole nitrogens is 1. The molecule has 0 saturated heterocycles. The molecule has 32 heavy (non-hydrogen) atoms. The van der Waals surface area contributed by atoms with E-state index in [4.69, 9.17) is 4.63 Å². The predicted octanol–water partition coefficient (Wildman–Crippen LogP) is 2.62. The molecule has 5 rings (SSSR count). The van der Waals surface area contributed by atoms with Crippen molar-refractivity contribution in [2.24, 2.45) is 0 Å². The number of anilines is 4. The number of fused-ring (bicyclic) bond motifs is 2. The molecule has 0 unspecified atom stereocenters. The molecular weight excluding hydrogens is 434 g/mol. The van der Waals surface area contributed by atoms with Gasteiger partial charge in [0, 0.05) is 12.2 Å². The minimum absolute atomic E-state index is 0.317. The van der Waals surface area contributed by atoms with E-state index in [-0.39, 0.29) is 0 Å². The molecule has 13 heteroatoms. The Morgan fingerprint density at radius 3 is 2.75 bits per heavy atom.